The fourth-order valence-corrected chi connectivity index (χ4v) is 0.796. The van der Waals surface area contributed by atoms with E-state index in [2.05, 4.69) is 0 Å². The van der Waals surface area contributed by atoms with Crippen molar-refractivity contribution in [3.8, 4) is 0 Å². The molecule has 0 saturated carbocycles. The quantitative estimate of drug-likeness (QED) is 0.745. The Bertz CT molecular complexity index is 259. The van der Waals surface area contributed by atoms with Gasteiger partial charge < -0.3 is 9.52 Å². The monoisotopic (exact) mass is 166 g/mol. The summed E-state index contributed by atoms with van der Waals surface area (Å²) in [4.78, 5) is 10.1. The summed E-state index contributed by atoms with van der Waals surface area (Å²) in [5.74, 6) is -0.771. The molecule has 1 N–H and O–H groups in total. The molecule has 3 nitrogen and oxygen atoms in total. The van der Waals surface area contributed by atoms with Crippen LogP contribution >= 0.6 is 0 Å². The molecule has 3 heteroatoms. The van der Waals surface area contributed by atoms with E-state index < -0.39 is 5.97 Å². The second-order valence-electron chi connectivity index (χ2n) is 2.39. The van der Waals surface area contributed by atoms with Gasteiger partial charge in [0.15, 0.2) is 0 Å². The molecule has 0 spiro atoms. The number of carbonyl (C=O) groups is 1. The summed E-state index contributed by atoms with van der Waals surface area (Å²) in [7, 11) is 0. The molecular weight excluding hydrogens is 156 g/mol. The Morgan fingerprint density at radius 1 is 1.67 bits per heavy atom. The van der Waals surface area contributed by atoms with Gasteiger partial charge in [0.25, 0.3) is 0 Å². The first-order chi connectivity index (χ1) is 5.79. The molecule has 64 valence electrons. The zero-order valence-electron chi connectivity index (χ0n) is 6.56. The highest BCUT2D eigenvalue weighted by Gasteiger charge is 1.92. The summed E-state index contributed by atoms with van der Waals surface area (Å²) in [6.07, 6.45) is 7.58. The molecule has 12 heavy (non-hydrogen) atoms. The fraction of sp³-hybridized carbons (Fsp3) is 0.222. The molecule has 0 aromatic carbocycles. The Hall–Kier alpha value is -1.51. The number of carboxylic acid groups (broad SMARTS) is 1. The van der Waals surface area contributed by atoms with Gasteiger partial charge in [-0.05, 0) is 12.5 Å². The van der Waals surface area contributed by atoms with Crippen molar-refractivity contribution in [2.24, 2.45) is 0 Å². The molecule has 1 heterocycles. The third kappa shape index (κ3) is 3.05. The van der Waals surface area contributed by atoms with Crippen molar-refractivity contribution in [1.29, 1.82) is 0 Å². The van der Waals surface area contributed by atoms with Gasteiger partial charge in [-0.3, -0.25) is 4.79 Å². The first-order valence-electron chi connectivity index (χ1n) is 3.69. The summed E-state index contributed by atoms with van der Waals surface area (Å²) < 4.78 is 4.83. The first kappa shape index (κ1) is 8.59. The van der Waals surface area contributed by atoms with Crippen LogP contribution in [-0.4, -0.2) is 11.1 Å². The lowest BCUT2D eigenvalue weighted by atomic mass is 10.2. The molecular formula is C9H10O3. The van der Waals surface area contributed by atoms with Crippen LogP contribution in [0.5, 0.6) is 0 Å². The van der Waals surface area contributed by atoms with Gasteiger partial charge in [-0.1, -0.05) is 12.2 Å². The smallest absolute Gasteiger partial charge is 0.303 e. The van der Waals surface area contributed by atoms with Crippen LogP contribution in [0.4, 0.5) is 0 Å². The lowest BCUT2D eigenvalue weighted by Gasteiger charge is -1.86. The molecule has 0 aliphatic heterocycles. The van der Waals surface area contributed by atoms with E-state index in [9.17, 15) is 4.79 Å². The second-order valence-corrected chi connectivity index (χ2v) is 2.39. The van der Waals surface area contributed by atoms with E-state index in [-0.39, 0.29) is 6.42 Å². The van der Waals surface area contributed by atoms with Gasteiger partial charge in [0.2, 0.25) is 0 Å². The molecule has 0 bridgehead atoms. The first-order valence-corrected chi connectivity index (χ1v) is 3.69. The molecule has 0 aliphatic rings. The van der Waals surface area contributed by atoms with Gasteiger partial charge in [-0.2, -0.15) is 0 Å². The van der Waals surface area contributed by atoms with E-state index in [1.807, 2.05) is 18.2 Å². The molecule has 0 radical (unpaired) electrons. The molecule has 0 unspecified atom stereocenters. The minimum absolute atomic E-state index is 0.175. The van der Waals surface area contributed by atoms with Crippen molar-refractivity contribution >= 4 is 12.0 Å². The Kier molecular flexibility index (Phi) is 3.14. The third-order valence-corrected chi connectivity index (χ3v) is 1.38. The predicted molar refractivity (Wildman–Crippen MR) is 44.6 cm³/mol. The van der Waals surface area contributed by atoms with Crippen LogP contribution in [0.3, 0.4) is 0 Å². The minimum Gasteiger partial charge on any atom is -0.481 e. The van der Waals surface area contributed by atoms with Crippen LogP contribution in [0.25, 0.3) is 6.08 Å². The maximum atomic E-state index is 10.1. The van der Waals surface area contributed by atoms with E-state index in [4.69, 9.17) is 9.52 Å². The fourth-order valence-electron chi connectivity index (χ4n) is 0.796. The van der Waals surface area contributed by atoms with E-state index in [1.54, 1.807) is 12.5 Å². The standard InChI is InChI=1S/C9H10O3/c10-9(11)4-2-1-3-8-5-6-12-7-8/h1,3,5-7H,2,4H2,(H,10,11). The highest BCUT2D eigenvalue weighted by molar-refractivity contribution is 5.67. The van der Waals surface area contributed by atoms with Crippen molar-refractivity contribution in [3.63, 3.8) is 0 Å². The Balaban J connectivity index is 2.27. The number of hydrogen-bond donors (Lipinski definition) is 1. The molecule has 1 aromatic rings. The maximum absolute atomic E-state index is 10.1. The third-order valence-electron chi connectivity index (χ3n) is 1.38. The van der Waals surface area contributed by atoms with Gasteiger partial charge in [0, 0.05) is 12.0 Å². The Morgan fingerprint density at radius 2 is 2.50 bits per heavy atom. The molecule has 0 fully saturated rings. The average molecular weight is 166 g/mol. The summed E-state index contributed by atoms with van der Waals surface area (Å²) in [6, 6.07) is 1.82. The van der Waals surface area contributed by atoms with Crippen LogP contribution in [0.2, 0.25) is 0 Å². The molecule has 0 atom stereocenters. The maximum Gasteiger partial charge on any atom is 0.303 e. The van der Waals surface area contributed by atoms with Gasteiger partial charge >= 0.3 is 5.97 Å². The SMILES string of the molecule is O=C(O)CCC=Cc1ccoc1. The van der Waals surface area contributed by atoms with E-state index in [0.717, 1.165) is 5.56 Å². The molecule has 0 aliphatic carbocycles. The van der Waals surface area contributed by atoms with E-state index >= 15 is 0 Å². The summed E-state index contributed by atoms with van der Waals surface area (Å²) >= 11 is 0. The average Bonchev–Trinajstić information content (AvgIpc) is 2.49. The molecule has 0 saturated heterocycles. The van der Waals surface area contributed by atoms with E-state index in [1.165, 1.54) is 0 Å². The number of furan rings is 1. The van der Waals surface area contributed by atoms with Crippen LogP contribution in [-0.2, 0) is 4.79 Å². The Morgan fingerprint density at radius 3 is 3.08 bits per heavy atom. The van der Waals surface area contributed by atoms with E-state index in [0.29, 0.717) is 6.42 Å². The normalized spacial score (nSPS) is 10.7. The summed E-state index contributed by atoms with van der Waals surface area (Å²) in [6.45, 7) is 0. The number of carboxylic acids is 1. The van der Waals surface area contributed by atoms with Crippen molar-refractivity contribution in [2.45, 2.75) is 12.8 Å². The highest BCUT2D eigenvalue weighted by Crippen LogP contribution is 2.03. The lowest BCUT2D eigenvalue weighted by molar-refractivity contribution is -0.136. The van der Waals surface area contributed by atoms with Gasteiger partial charge in [0.1, 0.15) is 0 Å². The largest absolute Gasteiger partial charge is 0.481 e. The minimum atomic E-state index is -0.771. The summed E-state index contributed by atoms with van der Waals surface area (Å²) in [5.41, 5.74) is 0.959. The zero-order chi connectivity index (χ0) is 8.81. The summed E-state index contributed by atoms with van der Waals surface area (Å²) in [5, 5.41) is 8.32. The predicted octanol–water partition coefficient (Wildman–Crippen LogP) is 2.16. The Labute approximate surface area is 70.3 Å². The number of allylic oxidation sites excluding steroid dienone is 1. The molecule has 1 aromatic heterocycles. The molecule has 0 amide bonds. The van der Waals surface area contributed by atoms with Crippen molar-refractivity contribution in [2.75, 3.05) is 0 Å². The van der Waals surface area contributed by atoms with Gasteiger partial charge in [-0.25, -0.2) is 0 Å². The van der Waals surface area contributed by atoms with Crippen LogP contribution in [0.1, 0.15) is 18.4 Å². The van der Waals surface area contributed by atoms with Crippen LogP contribution < -0.4 is 0 Å². The van der Waals surface area contributed by atoms with Crippen molar-refractivity contribution < 1.29 is 14.3 Å². The zero-order valence-corrected chi connectivity index (χ0v) is 6.56. The number of hydrogen-bond acceptors (Lipinski definition) is 2. The van der Waals surface area contributed by atoms with Crippen molar-refractivity contribution in [3.05, 3.63) is 30.2 Å². The van der Waals surface area contributed by atoms with Gasteiger partial charge in [0.05, 0.1) is 12.5 Å². The highest BCUT2D eigenvalue weighted by atomic mass is 16.4. The lowest BCUT2D eigenvalue weighted by Crippen LogP contribution is -1.91. The number of rotatable bonds is 4. The van der Waals surface area contributed by atoms with Crippen molar-refractivity contribution in [1.82, 2.24) is 0 Å². The topological polar surface area (TPSA) is 50.4 Å². The second kappa shape index (κ2) is 4.38. The van der Waals surface area contributed by atoms with Crippen LogP contribution in [0, 0.1) is 0 Å². The van der Waals surface area contributed by atoms with Crippen LogP contribution in [0.15, 0.2) is 29.1 Å². The molecule has 1 rings (SSSR count). The van der Waals surface area contributed by atoms with Gasteiger partial charge in [-0.15, -0.1) is 0 Å². The number of aliphatic carboxylic acids is 1.